The highest BCUT2D eigenvalue weighted by molar-refractivity contribution is 7.92. The molecule has 206 valence electrons. The molecule has 2 saturated heterocycles. The Morgan fingerprint density at radius 2 is 1.59 bits per heavy atom. The largest absolute Gasteiger partial charge is 0.489 e. The van der Waals surface area contributed by atoms with Gasteiger partial charge >= 0.3 is 0 Å². The minimum atomic E-state index is -3.89. The second kappa shape index (κ2) is 10.9. The molecule has 0 saturated carbocycles. The van der Waals surface area contributed by atoms with Crippen LogP contribution in [0.15, 0.2) is 83.8 Å². The molecule has 0 spiro atoms. The van der Waals surface area contributed by atoms with Crippen LogP contribution < -0.4 is 4.74 Å². The average molecular weight is 588 g/mol. The van der Waals surface area contributed by atoms with Gasteiger partial charge in [-0.25, -0.2) is 16.8 Å². The number of rotatable bonds is 7. The molecular formula is C29H30ClNO6S2. The second-order valence-electron chi connectivity index (χ2n) is 10.2. The molecule has 2 heterocycles. The molecule has 1 unspecified atom stereocenters. The van der Waals surface area contributed by atoms with Crippen molar-refractivity contribution in [3.05, 3.63) is 95.0 Å². The number of hydrogen-bond donors (Lipinski definition) is 0. The van der Waals surface area contributed by atoms with Gasteiger partial charge in [0.05, 0.1) is 16.4 Å². The number of likely N-dealkylation sites (tertiary alicyclic amines) is 1. The van der Waals surface area contributed by atoms with E-state index < -0.39 is 30.3 Å². The van der Waals surface area contributed by atoms with Crippen LogP contribution in [-0.4, -0.2) is 52.2 Å². The monoisotopic (exact) mass is 587 g/mol. The van der Waals surface area contributed by atoms with E-state index in [1.807, 2.05) is 18.2 Å². The molecule has 0 N–H and O–H groups in total. The van der Waals surface area contributed by atoms with Gasteiger partial charge in [-0.3, -0.25) is 4.79 Å². The Morgan fingerprint density at radius 3 is 2.26 bits per heavy atom. The molecule has 0 bridgehead atoms. The van der Waals surface area contributed by atoms with Gasteiger partial charge in [0.1, 0.15) is 26.9 Å². The second-order valence-corrected chi connectivity index (χ2v) is 15.1. The number of nitrogens with zero attached hydrogens (tertiary/aromatic N) is 1. The Kier molecular flexibility index (Phi) is 7.77. The van der Waals surface area contributed by atoms with Crippen molar-refractivity contribution in [2.45, 2.75) is 35.5 Å². The fourth-order valence-corrected chi connectivity index (χ4v) is 9.21. The van der Waals surface area contributed by atoms with Crippen LogP contribution in [-0.2, 0) is 35.8 Å². The standard InChI is InChI=1S/C29H30ClNO6S2/c30-27-9-5-4-6-23(27)20-37-25-12-10-24(11-13-25)29(39(35,36)26-7-2-1-3-8-26)16-17-31(21-29)28(32)22-14-18-38(33,34)19-15-22/h1-13,22H,14-21H2. The molecule has 0 aromatic heterocycles. The summed E-state index contributed by atoms with van der Waals surface area (Å²) in [7, 11) is -7.00. The molecule has 2 aliphatic heterocycles. The lowest BCUT2D eigenvalue weighted by atomic mass is 9.97. The molecule has 0 radical (unpaired) electrons. The first-order chi connectivity index (χ1) is 18.6. The highest BCUT2D eigenvalue weighted by Gasteiger charge is 2.52. The van der Waals surface area contributed by atoms with Crippen molar-refractivity contribution in [3.8, 4) is 5.75 Å². The van der Waals surface area contributed by atoms with Crippen molar-refractivity contribution in [1.82, 2.24) is 4.90 Å². The molecule has 3 aromatic carbocycles. The van der Waals surface area contributed by atoms with Crippen LogP contribution in [0.4, 0.5) is 0 Å². The Balaban J connectivity index is 1.42. The number of amides is 1. The zero-order valence-electron chi connectivity index (χ0n) is 21.3. The third kappa shape index (κ3) is 5.58. The summed E-state index contributed by atoms with van der Waals surface area (Å²) in [5, 5.41) is 0.605. The Hall–Kier alpha value is -2.88. The highest BCUT2D eigenvalue weighted by Crippen LogP contribution is 2.44. The predicted octanol–water partition coefficient (Wildman–Crippen LogP) is 4.65. The van der Waals surface area contributed by atoms with Gasteiger partial charge in [0.2, 0.25) is 5.91 Å². The lowest BCUT2D eigenvalue weighted by Gasteiger charge is -2.31. The van der Waals surface area contributed by atoms with Crippen molar-refractivity contribution in [2.24, 2.45) is 5.92 Å². The normalized spacial score (nSPS) is 21.5. The van der Waals surface area contributed by atoms with Crippen molar-refractivity contribution in [3.63, 3.8) is 0 Å². The van der Waals surface area contributed by atoms with Crippen LogP contribution in [0, 0.1) is 5.92 Å². The van der Waals surface area contributed by atoms with E-state index in [1.54, 1.807) is 65.6 Å². The van der Waals surface area contributed by atoms with Gasteiger partial charge in [0.25, 0.3) is 0 Å². The summed E-state index contributed by atoms with van der Waals surface area (Å²) in [6.07, 6.45) is 0.780. The minimum absolute atomic E-state index is 0.00609. The van der Waals surface area contributed by atoms with Gasteiger partial charge in [0, 0.05) is 29.6 Å². The molecule has 1 atom stereocenters. The maximum absolute atomic E-state index is 14.2. The summed E-state index contributed by atoms with van der Waals surface area (Å²) in [5.74, 6) is -0.0416. The van der Waals surface area contributed by atoms with E-state index in [-0.39, 0.29) is 61.3 Å². The zero-order chi connectivity index (χ0) is 27.7. The smallest absolute Gasteiger partial charge is 0.225 e. The average Bonchev–Trinajstić information content (AvgIpc) is 3.40. The first-order valence-electron chi connectivity index (χ1n) is 12.9. The van der Waals surface area contributed by atoms with Crippen molar-refractivity contribution < 1.29 is 26.4 Å². The molecule has 10 heteroatoms. The van der Waals surface area contributed by atoms with E-state index in [2.05, 4.69) is 0 Å². The van der Waals surface area contributed by atoms with Gasteiger partial charge in [-0.15, -0.1) is 0 Å². The number of halogens is 1. The van der Waals surface area contributed by atoms with Crippen LogP contribution in [0.25, 0.3) is 0 Å². The van der Waals surface area contributed by atoms with Gasteiger partial charge in [-0.2, -0.15) is 0 Å². The molecule has 2 aliphatic rings. The Bertz CT molecular complexity index is 1540. The summed E-state index contributed by atoms with van der Waals surface area (Å²) < 4.78 is 56.6. The Morgan fingerprint density at radius 1 is 0.949 bits per heavy atom. The van der Waals surface area contributed by atoms with Crippen LogP contribution in [0.5, 0.6) is 5.75 Å². The van der Waals surface area contributed by atoms with E-state index in [0.717, 1.165) is 5.56 Å². The summed E-state index contributed by atoms with van der Waals surface area (Å²) in [5.41, 5.74) is 1.42. The van der Waals surface area contributed by atoms with E-state index in [0.29, 0.717) is 16.3 Å². The number of sulfone groups is 2. The highest BCUT2D eigenvalue weighted by atomic mass is 35.5. The van der Waals surface area contributed by atoms with E-state index in [1.165, 1.54) is 0 Å². The predicted molar refractivity (Wildman–Crippen MR) is 150 cm³/mol. The number of hydrogen-bond acceptors (Lipinski definition) is 6. The molecule has 7 nitrogen and oxygen atoms in total. The third-order valence-electron chi connectivity index (χ3n) is 7.75. The van der Waals surface area contributed by atoms with E-state index in [4.69, 9.17) is 16.3 Å². The van der Waals surface area contributed by atoms with Gasteiger partial charge < -0.3 is 9.64 Å². The fraction of sp³-hybridized carbons (Fsp3) is 0.345. The first-order valence-corrected chi connectivity index (χ1v) is 16.6. The topological polar surface area (TPSA) is 97.8 Å². The third-order valence-corrected chi connectivity index (χ3v) is 12.3. The van der Waals surface area contributed by atoms with Gasteiger partial charge in [-0.1, -0.05) is 60.1 Å². The van der Waals surface area contributed by atoms with E-state index in [9.17, 15) is 21.6 Å². The van der Waals surface area contributed by atoms with Crippen LogP contribution >= 0.6 is 11.6 Å². The molecule has 3 aromatic rings. The maximum Gasteiger partial charge on any atom is 0.225 e. The van der Waals surface area contributed by atoms with Crippen molar-refractivity contribution in [1.29, 1.82) is 0 Å². The summed E-state index contributed by atoms with van der Waals surface area (Å²) in [6, 6.07) is 22.7. The van der Waals surface area contributed by atoms with Crippen LogP contribution in [0.3, 0.4) is 0 Å². The van der Waals surface area contributed by atoms with Crippen molar-refractivity contribution >= 4 is 37.2 Å². The summed E-state index contributed by atoms with van der Waals surface area (Å²) in [4.78, 5) is 15.2. The number of ether oxygens (including phenoxy) is 1. The van der Waals surface area contributed by atoms with Crippen LogP contribution in [0.1, 0.15) is 30.4 Å². The van der Waals surface area contributed by atoms with Crippen LogP contribution in [0.2, 0.25) is 5.02 Å². The van der Waals surface area contributed by atoms with Crippen molar-refractivity contribution in [2.75, 3.05) is 24.6 Å². The Labute approximate surface area is 234 Å². The zero-order valence-corrected chi connectivity index (χ0v) is 23.7. The van der Waals surface area contributed by atoms with E-state index >= 15 is 0 Å². The summed E-state index contributed by atoms with van der Waals surface area (Å²) >= 11 is 6.23. The molecule has 2 fully saturated rings. The van der Waals surface area contributed by atoms with Gasteiger partial charge in [0.15, 0.2) is 9.84 Å². The first kappa shape index (κ1) is 27.7. The lowest BCUT2D eigenvalue weighted by molar-refractivity contribution is -0.134. The number of carbonyl (C=O) groups is 1. The number of benzene rings is 3. The molecule has 0 aliphatic carbocycles. The van der Waals surface area contributed by atoms with Gasteiger partial charge in [-0.05, 0) is 55.2 Å². The lowest BCUT2D eigenvalue weighted by Crippen LogP contribution is -2.43. The quantitative estimate of drug-likeness (QED) is 0.399. The molecular weight excluding hydrogens is 558 g/mol. The summed E-state index contributed by atoms with van der Waals surface area (Å²) in [6.45, 7) is 0.552. The fourth-order valence-electron chi connectivity index (χ4n) is 5.43. The minimum Gasteiger partial charge on any atom is -0.489 e. The molecule has 1 amide bonds. The molecule has 5 rings (SSSR count). The number of carbonyl (C=O) groups excluding carboxylic acids is 1. The molecule has 39 heavy (non-hydrogen) atoms. The maximum atomic E-state index is 14.2. The SMILES string of the molecule is O=C(C1CCS(=O)(=O)CC1)N1CCC(c2ccc(OCc3ccccc3Cl)cc2)(S(=O)(=O)c2ccccc2)C1.